The van der Waals surface area contributed by atoms with Gasteiger partial charge in [0.15, 0.2) is 11.6 Å². The van der Waals surface area contributed by atoms with Crippen LogP contribution in [0.1, 0.15) is 68.1 Å². The molecule has 0 radical (unpaired) electrons. The summed E-state index contributed by atoms with van der Waals surface area (Å²) >= 11 is 0. The average molecular weight is 407 g/mol. The Labute approximate surface area is 179 Å². The van der Waals surface area contributed by atoms with Gasteiger partial charge in [0.05, 0.1) is 13.2 Å². The van der Waals surface area contributed by atoms with Crippen molar-refractivity contribution >= 4 is 0 Å². The molecule has 4 atom stereocenters. The molecule has 0 N–H and O–H groups in total. The normalized spacial score (nSPS) is 25.7. The Morgan fingerprint density at radius 1 is 0.900 bits per heavy atom. The molecule has 3 heteroatoms. The van der Waals surface area contributed by atoms with Crippen LogP contribution in [0.2, 0.25) is 0 Å². The van der Waals surface area contributed by atoms with Crippen LogP contribution >= 0.6 is 0 Å². The van der Waals surface area contributed by atoms with Crippen molar-refractivity contribution in [2.75, 3.05) is 13.7 Å². The SMILES string of the molecule is CCOC1CCC2CC(c3ccc(C#Cc4ccc(OC)c(F)c4)cc3)CCC2C1. The van der Waals surface area contributed by atoms with Crippen LogP contribution in [0, 0.1) is 29.5 Å². The molecule has 0 bridgehead atoms. The van der Waals surface area contributed by atoms with Gasteiger partial charge in [0.1, 0.15) is 0 Å². The Bertz CT molecular complexity index is 909. The van der Waals surface area contributed by atoms with E-state index in [0.717, 1.165) is 24.0 Å². The zero-order valence-electron chi connectivity index (χ0n) is 18.0. The maximum absolute atomic E-state index is 13.8. The number of methoxy groups -OCH3 is 1. The van der Waals surface area contributed by atoms with E-state index in [1.807, 2.05) is 0 Å². The lowest BCUT2D eigenvalue weighted by atomic mass is 9.65. The minimum atomic E-state index is -0.384. The van der Waals surface area contributed by atoms with Crippen molar-refractivity contribution in [3.8, 4) is 17.6 Å². The lowest BCUT2D eigenvalue weighted by molar-refractivity contribution is -0.00955. The van der Waals surface area contributed by atoms with Crippen molar-refractivity contribution in [1.29, 1.82) is 0 Å². The van der Waals surface area contributed by atoms with E-state index < -0.39 is 0 Å². The Morgan fingerprint density at radius 3 is 2.33 bits per heavy atom. The van der Waals surface area contributed by atoms with Gasteiger partial charge < -0.3 is 9.47 Å². The zero-order chi connectivity index (χ0) is 20.9. The molecule has 2 aliphatic carbocycles. The highest BCUT2D eigenvalue weighted by atomic mass is 19.1. The van der Waals surface area contributed by atoms with E-state index in [4.69, 9.17) is 9.47 Å². The third kappa shape index (κ3) is 4.87. The maximum atomic E-state index is 13.8. The first kappa shape index (κ1) is 20.9. The van der Waals surface area contributed by atoms with Gasteiger partial charge in [0.25, 0.3) is 0 Å². The van der Waals surface area contributed by atoms with Gasteiger partial charge in [-0.05, 0) is 99.1 Å². The van der Waals surface area contributed by atoms with Crippen LogP contribution < -0.4 is 4.74 Å². The summed E-state index contributed by atoms with van der Waals surface area (Å²) in [5, 5.41) is 0. The van der Waals surface area contributed by atoms with Gasteiger partial charge in [-0.1, -0.05) is 24.0 Å². The summed E-state index contributed by atoms with van der Waals surface area (Å²) in [6, 6.07) is 13.5. The van der Waals surface area contributed by atoms with E-state index in [2.05, 4.69) is 43.0 Å². The largest absolute Gasteiger partial charge is 0.494 e. The minimum Gasteiger partial charge on any atom is -0.494 e. The van der Waals surface area contributed by atoms with Gasteiger partial charge in [0.2, 0.25) is 0 Å². The minimum absolute atomic E-state index is 0.242. The summed E-state index contributed by atoms with van der Waals surface area (Å²) in [5.74, 6) is 8.41. The van der Waals surface area contributed by atoms with E-state index in [1.54, 1.807) is 12.1 Å². The van der Waals surface area contributed by atoms with Crippen molar-refractivity contribution < 1.29 is 13.9 Å². The van der Waals surface area contributed by atoms with Crippen LogP contribution in [0.15, 0.2) is 42.5 Å². The highest BCUT2D eigenvalue weighted by molar-refractivity contribution is 5.45. The first-order valence-electron chi connectivity index (χ1n) is 11.2. The highest BCUT2D eigenvalue weighted by Gasteiger charge is 2.36. The molecule has 0 aliphatic heterocycles. The number of hydrogen-bond donors (Lipinski definition) is 0. The van der Waals surface area contributed by atoms with Gasteiger partial charge in [0, 0.05) is 17.7 Å². The quantitative estimate of drug-likeness (QED) is 0.553. The molecular formula is C27H31FO2. The van der Waals surface area contributed by atoms with Gasteiger partial charge in [-0.3, -0.25) is 0 Å². The van der Waals surface area contributed by atoms with E-state index in [9.17, 15) is 4.39 Å². The van der Waals surface area contributed by atoms with Crippen LogP contribution in [-0.4, -0.2) is 19.8 Å². The molecule has 0 spiro atoms. The lowest BCUT2D eigenvalue weighted by Crippen LogP contribution is -2.33. The molecule has 4 rings (SSSR count). The number of ether oxygens (including phenoxy) is 2. The van der Waals surface area contributed by atoms with Gasteiger partial charge in [-0.2, -0.15) is 0 Å². The lowest BCUT2D eigenvalue weighted by Gasteiger charge is -2.42. The number of hydrogen-bond acceptors (Lipinski definition) is 2. The first-order chi connectivity index (χ1) is 14.7. The van der Waals surface area contributed by atoms with E-state index in [0.29, 0.717) is 17.6 Å². The summed E-state index contributed by atoms with van der Waals surface area (Å²) in [7, 11) is 1.46. The molecule has 2 fully saturated rings. The van der Waals surface area contributed by atoms with Crippen LogP contribution in [0.5, 0.6) is 5.75 Å². The fourth-order valence-electron chi connectivity index (χ4n) is 5.26. The van der Waals surface area contributed by atoms with Crippen molar-refractivity contribution in [2.45, 2.75) is 57.5 Å². The van der Waals surface area contributed by atoms with Crippen LogP contribution in [0.3, 0.4) is 0 Å². The van der Waals surface area contributed by atoms with Crippen molar-refractivity contribution in [1.82, 2.24) is 0 Å². The topological polar surface area (TPSA) is 18.5 Å². The summed E-state index contributed by atoms with van der Waals surface area (Å²) < 4.78 is 24.7. The highest BCUT2D eigenvalue weighted by Crippen LogP contribution is 2.46. The molecular weight excluding hydrogens is 375 g/mol. The van der Waals surface area contributed by atoms with E-state index in [-0.39, 0.29) is 11.6 Å². The van der Waals surface area contributed by atoms with Crippen molar-refractivity contribution in [3.05, 3.63) is 65.0 Å². The third-order valence-corrected chi connectivity index (χ3v) is 6.85. The first-order valence-corrected chi connectivity index (χ1v) is 11.2. The Balaban J connectivity index is 1.37. The third-order valence-electron chi connectivity index (χ3n) is 6.85. The van der Waals surface area contributed by atoms with Gasteiger partial charge >= 0.3 is 0 Å². The second-order valence-corrected chi connectivity index (χ2v) is 8.64. The molecule has 0 amide bonds. The smallest absolute Gasteiger partial charge is 0.166 e. The van der Waals surface area contributed by atoms with Gasteiger partial charge in [-0.15, -0.1) is 0 Å². The van der Waals surface area contributed by atoms with Crippen LogP contribution in [0.25, 0.3) is 0 Å². The summed E-state index contributed by atoms with van der Waals surface area (Å²) in [6.07, 6.45) is 8.19. The molecule has 30 heavy (non-hydrogen) atoms. The molecule has 2 saturated carbocycles. The van der Waals surface area contributed by atoms with Gasteiger partial charge in [-0.25, -0.2) is 4.39 Å². The standard InChI is InChI=1S/C27H31FO2/c1-3-30-25-14-13-23-17-22(11-12-24(23)18-25)21-9-6-19(7-10-21)4-5-20-8-15-27(29-2)26(28)16-20/h6-10,15-16,22-25H,3,11-14,17-18H2,1-2H3. The second-order valence-electron chi connectivity index (χ2n) is 8.64. The number of fused-ring (bicyclic) bond motifs is 1. The number of rotatable bonds is 4. The van der Waals surface area contributed by atoms with Crippen LogP contribution in [-0.2, 0) is 4.74 Å². The zero-order valence-corrected chi connectivity index (χ0v) is 18.0. The van der Waals surface area contributed by atoms with Crippen molar-refractivity contribution in [2.24, 2.45) is 11.8 Å². The maximum Gasteiger partial charge on any atom is 0.166 e. The number of halogens is 1. The fourth-order valence-corrected chi connectivity index (χ4v) is 5.26. The second kappa shape index (κ2) is 9.67. The molecule has 2 aliphatic rings. The Morgan fingerprint density at radius 2 is 1.60 bits per heavy atom. The molecule has 0 aromatic heterocycles. The summed E-state index contributed by atoms with van der Waals surface area (Å²) in [6.45, 7) is 2.94. The molecule has 4 unspecified atom stereocenters. The summed E-state index contributed by atoms with van der Waals surface area (Å²) in [4.78, 5) is 0. The van der Waals surface area contributed by atoms with E-state index >= 15 is 0 Å². The predicted molar refractivity (Wildman–Crippen MR) is 118 cm³/mol. The predicted octanol–water partition coefficient (Wildman–Crippen LogP) is 6.32. The molecule has 2 aromatic carbocycles. The van der Waals surface area contributed by atoms with Crippen molar-refractivity contribution in [3.63, 3.8) is 0 Å². The fraction of sp³-hybridized carbons (Fsp3) is 0.481. The summed E-state index contributed by atoms with van der Waals surface area (Å²) in [5.41, 5.74) is 3.04. The van der Waals surface area contributed by atoms with Crippen LogP contribution in [0.4, 0.5) is 4.39 Å². The molecule has 0 heterocycles. The Hall–Kier alpha value is -2.31. The Kier molecular flexibility index (Phi) is 6.75. The molecule has 2 aromatic rings. The van der Waals surface area contributed by atoms with E-state index in [1.165, 1.54) is 57.3 Å². The average Bonchev–Trinajstić information content (AvgIpc) is 2.78. The molecule has 158 valence electrons. The molecule has 2 nitrogen and oxygen atoms in total. The monoisotopic (exact) mass is 406 g/mol. The molecule has 0 saturated heterocycles. The number of benzene rings is 2.